The van der Waals surface area contributed by atoms with Gasteiger partial charge in [0.1, 0.15) is 0 Å². The average Bonchev–Trinajstić information content (AvgIpc) is 2.40. The van der Waals surface area contributed by atoms with E-state index in [1.165, 1.54) is 18.6 Å². The molecule has 1 amide bonds. The maximum Gasteiger partial charge on any atom is 0.229 e. The Kier molecular flexibility index (Phi) is 3.62. The molecule has 0 aliphatic heterocycles. The Morgan fingerprint density at radius 1 is 1.28 bits per heavy atom. The number of nitrogens with one attached hydrogen (secondary N) is 1. The van der Waals surface area contributed by atoms with Crippen molar-refractivity contribution in [1.82, 2.24) is 9.97 Å². The van der Waals surface area contributed by atoms with E-state index in [-0.39, 0.29) is 12.3 Å². The van der Waals surface area contributed by atoms with Crippen molar-refractivity contribution in [3.8, 4) is 6.07 Å². The minimum atomic E-state index is -0.166. The van der Waals surface area contributed by atoms with E-state index in [2.05, 4.69) is 15.3 Å². The van der Waals surface area contributed by atoms with Crippen LogP contribution < -0.4 is 5.32 Å². The summed E-state index contributed by atoms with van der Waals surface area (Å²) < 4.78 is 0. The molecule has 5 nitrogen and oxygen atoms in total. The molecule has 1 aromatic carbocycles. The van der Waals surface area contributed by atoms with Crippen LogP contribution in [0.1, 0.15) is 11.1 Å². The second kappa shape index (κ2) is 5.55. The zero-order valence-electron chi connectivity index (χ0n) is 9.50. The molecule has 1 heterocycles. The number of amides is 1. The molecule has 5 heteroatoms. The standard InChI is InChI=1S/C13H10N4O/c14-8-11-3-1-10(2-4-11)7-13(18)17-12-9-15-5-6-16-12/h1-6,9H,7H2,(H,16,17,18). The molecular weight excluding hydrogens is 228 g/mol. The van der Waals surface area contributed by atoms with E-state index in [9.17, 15) is 4.79 Å². The number of rotatable bonds is 3. The number of benzene rings is 1. The quantitative estimate of drug-likeness (QED) is 0.879. The first-order valence-electron chi connectivity index (χ1n) is 5.33. The fraction of sp³-hybridized carbons (Fsp3) is 0.0769. The van der Waals surface area contributed by atoms with Gasteiger partial charge in [-0.05, 0) is 17.7 Å². The Balaban J connectivity index is 1.97. The van der Waals surface area contributed by atoms with Crippen molar-refractivity contribution < 1.29 is 4.79 Å². The van der Waals surface area contributed by atoms with Crippen molar-refractivity contribution in [2.24, 2.45) is 0 Å². The second-order valence-electron chi connectivity index (χ2n) is 3.62. The molecule has 1 aromatic heterocycles. The predicted octanol–water partition coefficient (Wildman–Crippen LogP) is 1.53. The van der Waals surface area contributed by atoms with Crippen LogP contribution in [0.15, 0.2) is 42.9 Å². The van der Waals surface area contributed by atoms with Gasteiger partial charge >= 0.3 is 0 Å². The molecule has 0 atom stereocenters. The van der Waals surface area contributed by atoms with E-state index in [4.69, 9.17) is 5.26 Å². The number of hydrogen-bond acceptors (Lipinski definition) is 4. The van der Waals surface area contributed by atoms with Gasteiger partial charge in [0, 0.05) is 12.4 Å². The minimum absolute atomic E-state index is 0.166. The van der Waals surface area contributed by atoms with Crippen LogP contribution >= 0.6 is 0 Å². The van der Waals surface area contributed by atoms with Crippen LogP contribution in [0.2, 0.25) is 0 Å². The van der Waals surface area contributed by atoms with Gasteiger partial charge in [0.05, 0.1) is 24.3 Å². The Labute approximate surface area is 104 Å². The fourth-order valence-corrected chi connectivity index (χ4v) is 1.43. The van der Waals surface area contributed by atoms with E-state index in [1.54, 1.807) is 24.3 Å². The van der Waals surface area contributed by atoms with Gasteiger partial charge in [0.15, 0.2) is 5.82 Å². The first-order valence-corrected chi connectivity index (χ1v) is 5.33. The molecule has 0 unspecified atom stereocenters. The normalized spacial score (nSPS) is 9.50. The monoisotopic (exact) mass is 238 g/mol. The molecule has 1 N–H and O–H groups in total. The van der Waals surface area contributed by atoms with Crippen molar-refractivity contribution in [3.63, 3.8) is 0 Å². The highest BCUT2D eigenvalue weighted by molar-refractivity contribution is 5.91. The summed E-state index contributed by atoms with van der Waals surface area (Å²) in [6.45, 7) is 0. The Bertz CT molecular complexity index is 572. The lowest BCUT2D eigenvalue weighted by molar-refractivity contribution is -0.115. The van der Waals surface area contributed by atoms with Crippen LogP contribution in [-0.4, -0.2) is 15.9 Å². The number of anilines is 1. The average molecular weight is 238 g/mol. The Morgan fingerprint density at radius 3 is 2.67 bits per heavy atom. The lowest BCUT2D eigenvalue weighted by atomic mass is 10.1. The number of nitrogens with zero attached hydrogens (tertiary/aromatic N) is 3. The van der Waals surface area contributed by atoms with Crippen molar-refractivity contribution in [1.29, 1.82) is 5.26 Å². The highest BCUT2D eigenvalue weighted by Crippen LogP contribution is 2.05. The van der Waals surface area contributed by atoms with Gasteiger partial charge in [-0.3, -0.25) is 9.78 Å². The first kappa shape index (κ1) is 11.7. The molecule has 0 radical (unpaired) electrons. The molecule has 2 aromatic rings. The van der Waals surface area contributed by atoms with Gasteiger partial charge in [-0.1, -0.05) is 12.1 Å². The van der Waals surface area contributed by atoms with Gasteiger partial charge in [-0.25, -0.2) is 4.98 Å². The molecule has 0 spiro atoms. The maximum absolute atomic E-state index is 11.7. The van der Waals surface area contributed by atoms with Gasteiger partial charge < -0.3 is 5.32 Å². The lowest BCUT2D eigenvalue weighted by Crippen LogP contribution is -2.15. The molecule has 0 saturated carbocycles. The van der Waals surface area contributed by atoms with Gasteiger partial charge in [0.2, 0.25) is 5.91 Å². The third kappa shape index (κ3) is 3.12. The molecule has 0 bridgehead atoms. The number of carbonyl (C=O) groups excluding carboxylic acids is 1. The van der Waals surface area contributed by atoms with Crippen LogP contribution in [-0.2, 0) is 11.2 Å². The number of carbonyl (C=O) groups is 1. The lowest BCUT2D eigenvalue weighted by Gasteiger charge is -2.03. The summed E-state index contributed by atoms with van der Waals surface area (Å²) in [4.78, 5) is 19.5. The highest BCUT2D eigenvalue weighted by atomic mass is 16.1. The molecule has 88 valence electrons. The van der Waals surface area contributed by atoms with Crippen LogP contribution in [0.5, 0.6) is 0 Å². The highest BCUT2D eigenvalue weighted by Gasteiger charge is 2.04. The smallest absolute Gasteiger partial charge is 0.229 e. The third-order valence-electron chi connectivity index (χ3n) is 2.28. The molecular formula is C13H10N4O. The molecule has 0 aliphatic carbocycles. The summed E-state index contributed by atoms with van der Waals surface area (Å²) in [6.07, 6.45) is 4.77. The zero-order valence-corrected chi connectivity index (χ0v) is 9.50. The van der Waals surface area contributed by atoms with Crippen molar-refractivity contribution in [2.45, 2.75) is 6.42 Å². The van der Waals surface area contributed by atoms with Crippen molar-refractivity contribution >= 4 is 11.7 Å². The van der Waals surface area contributed by atoms with Gasteiger partial charge in [0.25, 0.3) is 0 Å². The summed E-state index contributed by atoms with van der Waals surface area (Å²) in [7, 11) is 0. The zero-order chi connectivity index (χ0) is 12.8. The molecule has 0 aliphatic rings. The van der Waals surface area contributed by atoms with Crippen LogP contribution in [0, 0.1) is 11.3 Å². The van der Waals surface area contributed by atoms with Crippen molar-refractivity contribution in [3.05, 3.63) is 54.0 Å². The minimum Gasteiger partial charge on any atom is -0.309 e. The summed E-state index contributed by atoms with van der Waals surface area (Å²) in [5.41, 5.74) is 1.42. The summed E-state index contributed by atoms with van der Waals surface area (Å²) in [6, 6.07) is 8.92. The fourth-order valence-electron chi connectivity index (χ4n) is 1.43. The Morgan fingerprint density at radius 2 is 2.06 bits per heavy atom. The SMILES string of the molecule is N#Cc1ccc(CC(=O)Nc2cnccn2)cc1. The van der Waals surface area contributed by atoms with Gasteiger partial charge in [-0.2, -0.15) is 5.26 Å². The Hall–Kier alpha value is -2.74. The van der Waals surface area contributed by atoms with E-state index < -0.39 is 0 Å². The molecule has 0 fully saturated rings. The van der Waals surface area contributed by atoms with E-state index in [0.29, 0.717) is 11.4 Å². The number of aromatic nitrogens is 2. The molecule has 0 saturated heterocycles. The van der Waals surface area contributed by atoms with Crippen molar-refractivity contribution in [2.75, 3.05) is 5.32 Å². The van der Waals surface area contributed by atoms with E-state index in [1.807, 2.05) is 6.07 Å². The summed E-state index contributed by atoms with van der Waals surface area (Å²) >= 11 is 0. The largest absolute Gasteiger partial charge is 0.309 e. The van der Waals surface area contributed by atoms with E-state index >= 15 is 0 Å². The number of nitriles is 1. The second-order valence-corrected chi connectivity index (χ2v) is 3.62. The first-order chi connectivity index (χ1) is 8.78. The summed E-state index contributed by atoms with van der Waals surface area (Å²) in [5.74, 6) is 0.261. The molecule has 18 heavy (non-hydrogen) atoms. The van der Waals surface area contributed by atoms with Crippen LogP contribution in [0.4, 0.5) is 5.82 Å². The van der Waals surface area contributed by atoms with Gasteiger partial charge in [-0.15, -0.1) is 0 Å². The molecule has 2 rings (SSSR count). The van der Waals surface area contributed by atoms with Crippen LogP contribution in [0.25, 0.3) is 0 Å². The predicted molar refractivity (Wildman–Crippen MR) is 65.5 cm³/mol. The van der Waals surface area contributed by atoms with Crippen LogP contribution in [0.3, 0.4) is 0 Å². The topological polar surface area (TPSA) is 78.7 Å². The summed E-state index contributed by atoms with van der Waals surface area (Å²) in [5, 5.41) is 11.3. The number of hydrogen-bond donors (Lipinski definition) is 1. The maximum atomic E-state index is 11.7. The third-order valence-corrected chi connectivity index (χ3v) is 2.28. The van der Waals surface area contributed by atoms with E-state index in [0.717, 1.165) is 5.56 Å².